The van der Waals surface area contributed by atoms with E-state index in [1.807, 2.05) is 0 Å². The van der Waals surface area contributed by atoms with E-state index in [0.717, 1.165) is 18.4 Å². The number of hydrogen-bond acceptors (Lipinski definition) is 11. The van der Waals surface area contributed by atoms with Gasteiger partial charge >= 0.3 is 18.4 Å². The number of ketones is 1. The van der Waals surface area contributed by atoms with Gasteiger partial charge < -0.3 is 34.0 Å². The van der Waals surface area contributed by atoms with Crippen LogP contribution in [0.4, 0.5) is 23.7 Å². The van der Waals surface area contributed by atoms with Crippen LogP contribution in [0.3, 0.4) is 0 Å². The molecule has 0 saturated carbocycles. The fourth-order valence-corrected chi connectivity index (χ4v) is 5.75. The van der Waals surface area contributed by atoms with E-state index in [1.165, 1.54) is 35.3 Å². The van der Waals surface area contributed by atoms with Crippen LogP contribution < -0.4 is 15.4 Å². The Hall–Kier alpha value is -5.45. The van der Waals surface area contributed by atoms with E-state index < -0.39 is 66.1 Å². The average molecular weight is 747 g/mol. The number of oxazole rings is 1. The topological polar surface area (TPSA) is 187 Å². The lowest BCUT2D eigenvalue weighted by Gasteiger charge is -2.30. The number of hydrogen-bond donors (Lipinski definition) is 3. The summed E-state index contributed by atoms with van der Waals surface area (Å²) in [6, 6.07) is 3.42. The van der Waals surface area contributed by atoms with Crippen molar-refractivity contribution in [2.45, 2.75) is 71.1 Å². The van der Waals surface area contributed by atoms with Gasteiger partial charge in [0.25, 0.3) is 5.91 Å². The summed E-state index contributed by atoms with van der Waals surface area (Å²) in [4.78, 5) is 70.3. The molecule has 5 unspecified atom stereocenters. The lowest BCUT2D eigenvalue weighted by atomic mass is 9.93. The molecule has 1 fully saturated rings. The molecule has 286 valence electrons. The maximum absolute atomic E-state index is 13.7. The molecule has 2 bridgehead atoms. The zero-order valence-corrected chi connectivity index (χ0v) is 29.3. The van der Waals surface area contributed by atoms with Crippen LogP contribution in [-0.2, 0) is 30.3 Å². The number of Topliss-reactive ketones (excluding diaryl/α,β-unsaturated/α-hetero) is 1. The minimum Gasteiger partial charge on any atom is -0.460 e. The third-order valence-corrected chi connectivity index (χ3v) is 8.27. The average Bonchev–Trinajstić information content (AvgIpc) is 3.77. The molecule has 3 amide bonds. The Morgan fingerprint density at radius 1 is 1.17 bits per heavy atom. The van der Waals surface area contributed by atoms with Gasteiger partial charge in [0.05, 0.1) is 19.1 Å². The molecule has 2 aromatic rings. The second-order valence-electron chi connectivity index (χ2n) is 12.7. The third-order valence-electron chi connectivity index (χ3n) is 8.27. The van der Waals surface area contributed by atoms with Crippen molar-refractivity contribution in [2.24, 2.45) is 11.8 Å². The maximum atomic E-state index is 13.7. The Bertz CT molecular complexity index is 1720. The number of amides is 3. The smallest absolute Gasteiger partial charge is 0.460 e. The van der Waals surface area contributed by atoms with Gasteiger partial charge in [0.15, 0.2) is 5.69 Å². The molecule has 53 heavy (non-hydrogen) atoms. The van der Waals surface area contributed by atoms with E-state index in [9.17, 15) is 42.3 Å². The van der Waals surface area contributed by atoms with Crippen LogP contribution in [0.1, 0.15) is 56.4 Å². The predicted molar refractivity (Wildman–Crippen MR) is 181 cm³/mol. The molecular formula is C36H41F3N4O10. The van der Waals surface area contributed by atoms with Gasteiger partial charge in [-0.1, -0.05) is 43.7 Å². The second-order valence-corrected chi connectivity index (χ2v) is 12.7. The van der Waals surface area contributed by atoms with Crippen molar-refractivity contribution >= 4 is 35.3 Å². The maximum Gasteiger partial charge on any atom is 0.573 e. The molecule has 1 aromatic carbocycles. The number of allylic oxidation sites excluding steroid dienone is 2. The van der Waals surface area contributed by atoms with Crippen molar-refractivity contribution in [3.63, 3.8) is 0 Å². The molecule has 0 radical (unpaired) electrons. The Morgan fingerprint density at radius 2 is 1.91 bits per heavy atom. The van der Waals surface area contributed by atoms with E-state index in [-0.39, 0.29) is 62.0 Å². The van der Waals surface area contributed by atoms with Gasteiger partial charge in [-0.3, -0.25) is 19.7 Å². The summed E-state index contributed by atoms with van der Waals surface area (Å²) in [7, 11) is 0. The van der Waals surface area contributed by atoms with Crippen LogP contribution in [0, 0.1) is 11.8 Å². The monoisotopic (exact) mass is 746 g/mol. The fraction of sp³-hybridized carbons (Fsp3) is 0.444. The summed E-state index contributed by atoms with van der Waals surface area (Å²) < 4.78 is 57.9. The number of benzene rings is 1. The number of aromatic nitrogens is 1. The van der Waals surface area contributed by atoms with Gasteiger partial charge in [0.2, 0.25) is 11.8 Å². The minimum absolute atomic E-state index is 0.0235. The molecule has 0 aliphatic carbocycles. The van der Waals surface area contributed by atoms with E-state index in [1.54, 1.807) is 32.9 Å². The van der Waals surface area contributed by atoms with E-state index in [4.69, 9.17) is 13.9 Å². The zero-order chi connectivity index (χ0) is 38.7. The van der Waals surface area contributed by atoms with Gasteiger partial charge in [0, 0.05) is 37.0 Å². The number of esters is 1. The largest absolute Gasteiger partial charge is 0.573 e. The molecule has 2 aliphatic rings. The van der Waals surface area contributed by atoms with Crippen molar-refractivity contribution < 1.29 is 60.9 Å². The van der Waals surface area contributed by atoms with Crippen molar-refractivity contribution in [3.8, 4) is 5.75 Å². The van der Waals surface area contributed by atoms with Gasteiger partial charge in [-0.2, -0.15) is 0 Å². The quantitative estimate of drug-likeness (QED) is 0.362. The van der Waals surface area contributed by atoms with E-state index >= 15 is 0 Å². The molecule has 0 spiro atoms. The molecule has 1 aromatic heterocycles. The lowest BCUT2D eigenvalue weighted by Crippen LogP contribution is -2.44. The first-order valence-corrected chi connectivity index (χ1v) is 16.8. The summed E-state index contributed by atoms with van der Waals surface area (Å²) in [5, 5.41) is 15.4. The molecule has 4 rings (SSSR count). The number of carbonyl (C=O) groups is 5. The van der Waals surface area contributed by atoms with Crippen LogP contribution in [0.15, 0.2) is 70.9 Å². The summed E-state index contributed by atoms with van der Waals surface area (Å²) in [5.41, 5.74) is 0.668. The number of alkyl halides is 3. The van der Waals surface area contributed by atoms with Crippen LogP contribution in [-0.4, -0.2) is 89.0 Å². The number of carbonyl (C=O) groups excluding carboxylic acids is 5. The van der Waals surface area contributed by atoms with Crippen molar-refractivity contribution in [2.75, 3.05) is 25.0 Å². The van der Waals surface area contributed by atoms with Crippen molar-refractivity contribution in [3.05, 3.63) is 78.1 Å². The Kier molecular flexibility index (Phi) is 14.0. The Labute approximate surface area is 303 Å². The summed E-state index contributed by atoms with van der Waals surface area (Å²) in [6.45, 7) is 5.15. The molecule has 3 N–H and O–H groups in total. The van der Waals surface area contributed by atoms with Gasteiger partial charge in [-0.15, -0.1) is 13.2 Å². The number of aliphatic hydroxyl groups is 1. The first-order chi connectivity index (χ1) is 25.1. The number of cyclic esters (lactones) is 1. The van der Waals surface area contributed by atoms with Crippen LogP contribution in [0.5, 0.6) is 5.75 Å². The molecule has 14 nitrogen and oxygen atoms in total. The molecule has 17 heteroatoms. The lowest BCUT2D eigenvalue weighted by molar-refractivity contribution is -0.274. The highest BCUT2D eigenvalue weighted by atomic mass is 19.4. The predicted octanol–water partition coefficient (Wildman–Crippen LogP) is 4.66. The highest BCUT2D eigenvalue weighted by Crippen LogP contribution is 2.27. The number of aliphatic hydroxyl groups excluding tert-OH is 1. The fourth-order valence-electron chi connectivity index (χ4n) is 5.75. The summed E-state index contributed by atoms with van der Waals surface area (Å²) >= 11 is 0. The zero-order valence-electron chi connectivity index (χ0n) is 29.3. The molecule has 5 atom stereocenters. The van der Waals surface area contributed by atoms with Gasteiger partial charge in [0.1, 0.15) is 29.9 Å². The van der Waals surface area contributed by atoms with Gasteiger partial charge in [-0.25, -0.2) is 14.6 Å². The van der Waals surface area contributed by atoms with Gasteiger partial charge in [-0.05, 0) is 50.1 Å². The number of fused-ring (bicyclic) bond motifs is 3. The number of nitrogens with zero attached hydrogens (tertiary/aromatic N) is 2. The second kappa shape index (κ2) is 18.3. The summed E-state index contributed by atoms with van der Waals surface area (Å²) in [6.07, 6.45) is 1.15. The Balaban J connectivity index is 1.50. The molecule has 3 heterocycles. The Morgan fingerprint density at radius 3 is 2.62 bits per heavy atom. The SMILES string of the molecule is CC1=C/C(O)CC(=O)Cc2nc(co2)C(=O)N2CCCC2C(=O)OC(C(C)COC(=O)Nc2ccc(OC(F)(F)F)cc2)C(C)/C=C\C(=O)NC/C=C\1. The highest BCUT2D eigenvalue weighted by molar-refractivity contribution is 5.95. The highest BCUT2D eigenvalue weighted by Gasteiger charge is 2.39. The number of halogens is 3. The number of rotatable bonds is 5. The standard InChI is InChI=1S/C36H41F3N4O10/c1-21-6-4-14-40-30(46)13-8-22(2)32(23(3)19-51-35(49)41-24-9-11-27(12-10-24)53-36(37,38)39)52-34(48)29-7-5-15-43(29)33(47)28-20-50-31(42-28)18-26(45)17-25(44)16-21/h4,6,8-13,16,20,22-23,25,29,32,44H,5,7,14-15,17-19H2,1-3H3,(H,40,46)(H,41,49)/b6-4-,13-8-,21-16-. The number of nitrogens with one attached hydrogen (secondary N) is 2. The van der Waals surface area contributed by atoms with Crippen LogP contribution in [0.2, 0.25) is 0 Å². The van der Waals surface area contributed by atoms with E-state index in [2.05, 4.69) is 20.4 Å². The first kappa shape index (κ1) is 40.3. The minimum atomic E-state index is -4.87. The van der Waals surface area contributed by atoms with Crippen molar-refractivity contribution in [1.82, 2.24) is 15.2 Å². The first-order valence-electron chi connectivity index (χ1n) is 16.8. The number of ether oxygens (including phenoxy) is 3. The molecule has 1 saturated heterocycles. The third kappa shape index (κ3) is 12.6. The van der Waals surface area contributed by atoms with E-state index in [0.29, 0.717) is 12.0 Å². The summed E-state index contributed by atoms with van der Waals surface area (Å²) in [5.74, 6) is -3.93. The van der Waals surface area contributed by atoms with Crippen LogP contribution in [0.25, 0.3) is 0 Å². The number of anilines is 1. The molecule has 2 aliphatic heterocycles. The van der Waals surface area contributed by atoms with Crippen molar-refractivity contribution in [1.29, 1.82) is 0 Å². The molecular weight excluding hydrogens is 705 g/mol. The van der Waals surface area contributed by atoms with Crippen LogP contribution >= 0.6 is 0 Å². The normalized spacial score (nSPS) is 25.2.